The Morgan fingerprint density at radius 3 is 2.29 bits per heavy atom. The van der Waals surface area contributed by atoms with E-state index in [1.807, 2.05) is 13.8 Å². The smallest absolute Gasteiger partial charge is 0.387 e. The van der Waals surface area contributed by atoms with E-state index >= 15 is 0 Å². The van der Waals surface area contributed by atoms with Gasteiger partial charge in [-0.05, 0) is 30.0 Å². The van der Waals surface area contributed by atoms with Crippen LogP contribution < -0.4 is 4.74 Å². The van der Waals surface area contributed by atoms with Crippen molar-refractivity contribution in [2.75, 3.05) is 13.1 Å². The van der Waals surface area contributed by atoms with Gasteiger partial charge in [-0.1, -0.05) is 26.0 Å². The Labute approximate surface area is 140 Å². The van der Waals surface area contributed by atoms with E-state index < -0.39 is 12.6 Å². The Morgan fingerprint density at radius 2 is 1.79 bits per heavy atom. The lowest BCUT2D eigenvalue weighted by Gasteiger charge is -2.24. The van der Waals surface area contributed by atoms with Crippen LogP contribution in [0.5, 0.6) is 5.75 Å². The highest BCUT2D eigenvalue weighted by Crippen LogP contribution is 2.16. The van der Waals surface area contributed by atoms with E-state index in [4.69, 9.17) is 5.11 Å². The minimum atomic E-state index is -2.86. The molecule has 0 aliphatic carbocycles. The molecule has 0 radical (unpaired) electrons. The summed E-state index contributed by atoms with van der Waals surface area (Å²) >= 11 is 0. The number of rotatable bonds is 10. The molecule has 0 unspecified atom stereocenters. The Kier molecular flexibility index (Phi) is 8.15. The molecular formula is C17H23F2NO4. The van der Waals surface area contributed by atoms with Crippen molar-refractivity contribution in [3.05, 3.63) is 29.8 Å². The fraction of sp³-hybridized carbons (Fsp3) is 0.529. The van der Waals surface area contributed by atoms with Crippen molar-refractivity contribution in [1.82, 2.24) is 4.90 Å². The second-order valence-corrected chi connectivity index (χ2v) is 5.90. The Balaban J connectivity index is 2.55. The number of carboxylic acids is 1. The van der Waals surface area contributed by atoms with E-state index in [9.17, 15) is 18.4 Å². The number of ether oxygens (including phenoxy) is 1. The van der Waals surface area contributed by atoms with Crippen molar-refractivity contribution in [1.29, 1.82) is 0 Å². The van der Waals surface area contributed by atoms with E-state index in [1.54, 1.807) is 17.0 Å². The molecule has 0 aliphatic rings. The third kappa shape index (κ3) is 7.89. The SMILES string of the molecule is CC(C)CN(CCC(=O)O)C(=O)CCc1ccc(OC(F)F)cc1. The van der Waals surface area contributed by atoms with Crippen molar-refractivity contribution in [2.24, 2.45) is 5.92 Å². The van der Waals surface area contributed by atoms with E-state index in [0.717, 1.165) is 5.56 Å². The molecule has 24 heavy (non-hydrogen) atoms. The monoisotopic (exact) mass is 343 g/mol. The van der Waals surface area contributed by atoms with Crippen molar-refractivity contribution < 1.29 is 28.2 Å². The molecular weight excluding hydrogens is 320 g/mol. The summed E-state index contributed by atoms with van der Waals surface area (Å²) in [5.74, 6) is -0.736. The van der Waals surface area contributed by atoms with Crippen LogP contribution in [0.1, 0.15) is 32.3 Å². The molecule has 0 atom stereocenters. The zero-order chi connectivity index (χ0) is 18.1. The highest BCUT2D eigenvalue weighted by atomic mass is 19.3. The number of halogens is 2. The van der Waals surface area contributed by atoms with E-state index in [0.29, 0.717) is 13.0 Å². The molecule has 1 aromatic rings. The van der Waals surface area contributed by atoms with Crippen molar-refractivity contribution >= 4 is 11.9 Å². The third-order valence-electron chi connectivity index (χ3n) is 3.31. The first-order valence-electron chi connectivity index (χ1n) is 7.81. The summed E-state index contributed by atoms with van der Waals surface area (Å²) in [6, 6.07) is 6.13. The summed E-state index contributed by atoms with van der Waals surface area (Å²) in [5, 5.41) is 8.77. The summed E-state index contributed by atoms with van der Waals surface area (Å²) in [4.78, 5) is 24.5. The number of nitrogens with zero attached hydrogens (tertiary/aromatic N) is 1. The molecule has 134 valence electrons. The van der Waals surface area contributed by atoms with Crippen LogP contribution in [0.4, 0.5) is 8.78 Å². The minimum Gasteiger partial charge on any atom is -0.481 e. The van der Waals surface area contributed by atoms with Gasteiger partial charge in [0.2, 0.25) is 5.91 Å². The van der Waals surface area contributed by atoms with Crippen LogP contribution in [0.3, 0.4) is 0 Å². The average molecular weight is 343 g/mol. The first kappa shape index (κ1) is 19.9. The van der Waals surface area contributed by atoms with Gasteiger partial charge in [-0.15, -0.1) is 0 Å². The molecule has 0 bridgehead atoms. The van der Waals surface area contributed by atoms with Gasteiger partial charge in [0, 0.05) is 19.5 Å². The summed E-state index contributed by atoms with van der Waals surface area (Å²) < 4.78 is 28.4. The second-order valence-electron chi connectivity index (χ2n) is 5.90. The summed E-state index contributed by atoms with van der Waals surface area (Å²) in [7, 11) is 0. The lowest BCUT2D eigenvalue weighted by Crippen LogP contribution is -2.36. The normalized spacial score (nSPS) is 10.9. The zero-order valence-electron chi connectivity index (χ0n) is 13.9. The first-order valence-corrected chi connectivity index (χ1v) is 7.81. The van der Waals surface area contributed by atoms with Gasteiger partial charge in [0.05, 0.1) is 6.42 Å². The largest absolute Gasteiger partial charge is 0.481 e. The van der Waals surface area contributed by atoms with E-state index in [-0.39, 0.29) is 37.0 Å². The van der Waals surface area contributed by atoms with Gasteiger partial charge < -0.3 is 14.7 Å². The number of alkyl halides is 2. The van der Waals surface area contributed by atoms with Gasteiger partial charge in [0.25, 0.3) is 0 Å². The van der Waals surface area contributed by atoms with Crippen LogP contribution in [0.25, 0.3) is 0 Å². The number of hydrogen-bond acceptors (Lipinski definition) is 3. The molecule has 1 N–H and O–H groups in total. The molecule has 7 heteroatoms. The van der Waals surface area contributed by atoms with Gasteiger partial charge in [-0.2, -0.15) is 8.78 Å². The quantitative estimate of drug-likeness (QED) is 0.708. The molecule has 0 aliphatic heterocycles. The molecule has 1 rings (SSSR count). The summed E-state index contributed by atoms with van der Waals surface area (Å²) in [6.07, 6.45) is 0.606. The fourth-order valence-corrected chi connectivity index (χ4v) is 2.24. The zero-order valence-corrected chi connectivity index (χ0v) is 13.9. The van der Waals surface area contributed by atoms with Gasteiger partial charge >= 0.3 is 12.6 Å². The molecule has 0 heterocycles. The van der Waals surface area contributed by atoms with E-state index in [2.05, 4.69) is 4.74 Å². The highest BCUT2D eigenvalue weighted by Gasteiger charge is 2.16. The number of amides is 1. The lowest BCUT2D eigenvalue weighted by atomic mass is 10.1. The van der Waals surface area contributed by atoms with Crippen LogP contribution in [0.15, 0.2) is 24.3 Å². The van der Waals surface area contributed by atoms with Gasteiger partial charge in [-0.25, -0.2) is 0 Å². The Bertz CT molecular complexity index is 532. The lowest BCUT2D eigenvalue weighted by molar-refractivity contribution is -0.138. The molecule has 1 aromatic carbocycles. The maximum absolute atomic E-state index is 12.3. The molecule has 0 spiro atoms. The molecule has 0 saturated carbocycles. The van der Waals surface area contributed by atoms with Gasteiger partial charge in [-0.3, -0.25) is 9.59 Å². The highest BCUT2D eigenvalue weighted by molar-refractivity contribution is 5.77. The van der Waals surface area contributed by atoms with Crippen LogP contribution in [0.2, 0.25) is 0 Å². The maximum atomic E-state index is 12.3. The molecule has 1 amide bonds. The van der Waals surface area contributed by atoms with Gasteiger partial charge in [0.15, 0.2) is 0 Å². The first-order chi connectivity index (χ1) is 11.3. The topological polar surface area (TPSA) is 66.8 Å². The Morgan fingerprint density at radius 1 is 1.17 bits per heavy atom. The van der Waals surface area contributed by atoms with Crippen LogP contribution in [-0.2, 0) is 16.0 Å². The average Bonchev–Trinajstić information content (AvgIpc) is 2.49. The Hall–Kier alpha value is -2.18. The van der Waals surface area contributed by atoms with Crippen LogP contribution >= 0.6 is 0 Å². The number of aliphatic carboxylic acids is 1. The number of carbonyl (C=O) groups excluding carboxylic acids is 1. The fourth-order valence-electron chi connectivity index (χ4n) is 2.24. The molecule has 5 nitrogen and oxygen atoms in total. The molecule has 0 fully saturated rings. The number of hydrogen-bond donors (Lipinski definition) is 1. The number of carboxylic acid groups (broad SMARTS) is 1. The number of aryl methyl sites for hydroxylation is 1. The van der Waals surface area contributed by atoms with Crippen molar-refractivity contribution in [3.8, 4) is 5.75 Å². The number of carbonyl (C=O) groups is 2. The standard InChI is InChI=1S/C17H23F2NO4/c1-12(2)11-20(10-9-16(22)23)15(21)8-5-13-3-6-14(7-4-13)24-17(18)19/h3-4,6-7,12,17H,5,8-11H2,1-2H3,(H,22,23). The summed E-state index contributed by atoms with van der Waals surface area (Å²) in [6.45, 7) is 1.75. The van der Waals surface area contributed by atoms with Gasteiger partial charge in [0.1, 0.15) is 5.75 Å². The third-order valence-corrected chi connectivity index (χ3v) is 3.31. The van der Waals surface area contributed by atoms with E-state index in [1.165, 1.54) is 12.1 Å². The summed E-state index contributed by atoms with van der Waals surface area (Å²) in [5.41, 5.74) is 0.827. The predicted octanol–water partition coefficient (Wildman–Crippen LogP) is 3.18. The minimum absolute atomic E-state index is 0.0722. The maximum Gasteiger partial charge on any atom is 0.387 e. The number of benzene rings is 1. The molecule has 0 aromatic heterocycles. The van der Waals surface area contributed by atoms with Crippen molar-refractivity contribution in [3.63, 3.8) is 0 Å². The molecule has 0 saturated heterocycles. The van der Waals surface area contributed by atoms with Crippen LogP contribution in [0, 0.1) is 5.92 Å². The van der Waals surface area contributed by atoms with Crippen LogP contribution in [-0.4, -0.2) is 41.6 Å². The second kappa shape index (κ2) is 9.85. The predicted molar refractivity (Wildman–Crippen MR) is 85.1 cm³/mol. The van der Waals surface area contributed by atoms with Crippen molar-refractivity contribution in [2.45, 2.75) is 39.7 Å².